The molecule has 1 aliphatic heterocycles. The molecule has 1 unspecified atom stereocenters. The van der Waals surface area contributed by atoms with Crippen LogP contribution in [0, 0.1) is 5.82 Å². The molecule has 30 heavy (non-hydrogen) atoms. The van der Waals surface area contributed by atoms with E-state index in [0.717, 1.165) is 42.3 Å². The van der Waals surface area contributed by atoms with Crippen molar-refractivity contribution in [3.05, 3.63) is 52.8 Å². The van der Waals surface area contributed by atoms with E-state index in [1.165, 1.54) is 6.07 Å². The molecule has 0 aromatic heterocycles. The van der Waals surface area contributed by atoms with Crippen molar-refractivity contribution >= 4 is 47.2 Å². The lowest BCUT2D eigenvalue weighted by Crippen LogP contribution is -2.44. The second kappa shape index (κ2) is 11.5. The third-order valence-corrected chi connectivity index (χ3v) is 5.19. The molecule has 0 saturated carbocycles. The first-order valence-corrected chi connectivity index (χ1v) is 9.79. The summed E-state index contributed by atoms with van der Waals surface area (Å²) in [5.74, 6) is 1.82. The Labute approximate surface area is 198 Å². The first-order chi connectivity index (χ1) is 14.0. The van der Waals surface area contributed by atoms with Crippen LogP contribution in [0.15, 0.2) is 41.4 Å². The Hall–Kier alpha value is -1.94. The molecule has 0 bridgehead atoms. The van der Waals surface area contributed by atoms with E-state index in [2.05, 4.69) is 20.5 Å². The van der Waals surface area contributed by atoms with Gasteiger partial charge in [0.1, 0.15) is 17.3 Å². The molecule has 0 aliphatic carbocycles. The standard InChI is InChI=1S/C21H26ClFN4O2.HI/c1-24-21(25-12-14-4-5-20(23)19(22)8-14)26-15-6-7-27(13-15)16-9-17(28-2)11-18(10-16)29-3;/h4-5,8-11,15H,6-7,12-13H2,1-3H3,(H2,24,25,26);1H. The fourth-order valence-corrected chi connectivity index (χ4v) is 3.51. The number of ether oxygens (including phenoxy) is 2. The number of methoxy groups -OCH3 is 2. The van der Waals surface area contributed by atoms with Crippen LogP contribution in [0.5, 0.6) is 11.5 Å². The van der Waals surface area contributed by atoms with Gasteiger partial charge in [0.2, 0.25) is 0 Å². The molecule has 1 aliphatic rings. The van der Waals surface area contributed by atoms with Gasteiger partial charge in [-0.3, -0.25) is 4.99 Å². The van der Waals surface area contributed by atoms with Gasteiger partial charge >= 0.3 is 0 Å². The maximum absolute atomic E-state index is 13.3. The van der Waals surface area contributed by atoms with E-state index in [0.29, 0.717) is 12.5 Å². The minimum absolute atomic E-state index is 0. The number of hydrogen-bond acceptors (Lipinski definition) is 4. The van der Waals surface area contributed by atoms with Gasteiger partial charge in [0.15, 0.2) is 5.96 Å². The Morgan fingerprint density at radius 2 is 1.90 bits per heavy atom. The molecule has 164 valence electrons. The monoisotopic (exact) mass is 548 g/mol. The molecule has 2 aromatic carbocycles. The molecule has 1 atom stereocenters. The Morgan fingerprint density at radius 1 is 1.20 bits per heavy atom. The number of nitrogens with one attached hydrogen (secondary N) is 2. The van der Waals surface area contributed by atoms with Crippen molar-refractivity contribution in [1.82, 2.24) is 10.6 Å². The lowest BCUT2D eigenvalue weighted by molar-refractivity contribution is 0.394. The van der Waals surface area contributed by atoms with E-state index in [1.54, 1.807) is 33.4 Å². The molecule has 2 aromatic rings. The lowest BCUT2D eigenvalue weighted by atomic mass is 10.2. The summed E-state index contributed by atoms with van der Waals surface area (Å²) in [6, 6.07) is 10.8. The maximum Gasteiger partial charge on any atom is 0.191 e. The summed E-state index contributed by atoms with van der Waals surface area (Å²) in [6.07, 6.45) is 0.975. The van der Waals surface area contributed by atoms with E-state index in [4.69, 9.17) is 21.1 Å². The summed E-state index contributed by atoms with van der Waals surface area (Å²) in [5, 5.41) is 6.81. The van der Waals surface area contributed by atoms with E-state index < -0.39 is 5.82 Å². The lowest BCUT2D eigenvalue weighted by Gasteiger charge is -2.21. The molecule has 6 nitrogen and oxygen atoms in total. The van der Waals surface area contributed by atoms with Crippen LogP contribution < -0.4 is 25.0 Å². The van der Waals surface area contributed by atoms with Crippen LogP contribution >= 0.6 is 35.6 Å². The van der Waals surface area contributed by atoms with Crippen molar-refractivity contribution in [2.24, 2.45) is 4.99 Å². The zero-order chi connectivity index (χ0) is 20.8. The topological polar surface area (TPSA) is 58.1 Å². The number of benzene rings is 2. The van der Waals surface area contributed by atoms with Crippen LogP contribution in [0.3, 0.4) is 0 Å². The molecular weight excluding hydrogens is 522 g/mol. The number of aliphatic imine (C=N–C) groups is 1. The van der Waals surface area contributed by atoms with Gasteiger partial charge in [-0.2, -0.15) is 0 Å². The van der Waals surface area contributed by atoms with E-state index in [1.807, 2.05) is 18.2 Å². The molecule has 0 amide bonds. The Morgan fingerprint density at radius 3 is 2.50 bits per heavy atom. The van der Waals surface area contributed by atoms with Crippen LogP contribution in [-0.2, 0) is 6.54 Å². The quantitative estimate of drug-likeness (QED) is 0.324. The minimum Gasteiger partial charge on any atom is -0.497 e. The third kappa shape index (κ3) is 6.28. The second-order valence-electron chi connectivity index (χ2n) is 6.82. The molecule has 2 N–H and O–H groups in total. The highest BCUT2D eigenvalue weighted by molar-refractivity contribution is 14.0. The summed E-state index contributed by atoms with van der Waals surface area (Å²) >= 11 is 5.85. The van der Waals surface area contributed by atoms with Gasteiger partial charge in [0.25, 0.3) is 0 Å². The van der Waals surface area contributed by atoms with Gasteiger partial charge in [0.05, 0.1) is 19.2 Å². The second-order valence-corrected chi connectivity index (χ2v) is 7.23. The molecule has 0 spiro atoms. The fraction of sp³-hybridized carbons (Fsp3) is 0.381. The number of nitrogens with zero attached hydrogens (tertiary/aromatic N) is 2. The summed E-state index contributed by atoms with van der Waals surface area (Å²) in [5.41, 5.74) is 1.95. The van der Waals surface area contributed by atoms with Gasteiger partial charge in [-0.25, -0.2) is 4.39 Å². The largest absolute Gasteiger partial charge is 0.497 e. The first kappa shape index (κ1) is 24.3. The van der Waals surface area contributed by atoms with Crippen LogP contribution in [0.4, 0.5) is 10.1 Å². The number of rotatable bonds is 6. The van der Waals surface area contributed by atoms with Crippen molar-refractivity contribution < 1.29 is 13.9 Å². The third-order valence-electron chi connectivity index (χ3n) is 4.90. The Kier molecular flexibility index (Phi) is 9.29. The number of guanidine groups is 1. The van der Waals surface area contributed by atoms with Crippen LogP contribution in [-0.4, -0.2) is 46.4 Å². The minimum atomic E-state index is -0.418. The van der Waals surface area contributed by atoms with Gasteiger partial charge in [-0.05, 0) is 24.1 Å². The summed E-state index contributed by atoms with van der Waals surface area (Å²) in [4.78, 5) is 6.58. The predicted octanol–water partition coefficient (Wildman–Crippen LogP) is 4.06. The molecule has 1 saturated heterocycles. The predicted molar refractivity (Wildman–Crippen MR) is 130 cm³/mol. The van der Waals surface area contributed by atoms with Crippen LogP contribution in [0.25, 0.3) is 0 Å². The molecule has 1 heterocycles. The van der Waals surface area contributed by atoms with Crippen molar-refractivity contribution in [2.75, 3.05) is 39.3 Å². The van der Waals surface area contributed by atoms with E-state index in [-0.39, 0.29) is 35.0 Å². The van der Waals surface area contributed by atoms with Gasteiger partial charge in [0, 0.05) is 56.6 Å². The summed E-state index contributed by atoms with van der Waals surface area (Å²) in [6.45, 7) is 2.25. The summed E-state index contributed by atoms with van der Waals surface area (Å²) in [7, 11) is 5.03. The zero-order valence-corrected chi connectivity index (χ0v) is 20.3. The average molecular weight is 549 g/mol. The molecule has 9 heteroatoms. The summed E-state index contributed by atoms with van der Waals surface area (Å²) < 4.78 is 24.0. The Bertz CT molecular complexity index is 862. The van der Waals surface area contributed by atoms with E-state index in [9.17, 15) is 4.39 Å². The highest BCUT2D eigenvalue weighted by atomic mass is 127. The van der Waals surface area contributed by atoms with E-state index >= 15 is 0 Å². The average Bonchev–Trinajstić information content (AvgIpc) is 3.21. The molecular formula is C21H27ClFIN4O2. The molecule has 3 rings (SSSR count). The SMILES string of the molecule is CN=C(NCc1ccc(F)c(Cl)c1)NC1CCN(c2cc(OC)cc(OC)c2)C1.I. The van der Waals surface area contributed by atoms with Crippen LogP contribution in [0.1, 0.15) is 12.0 Å². The molecule has 1 fully saturated rings. The maximum atomic E-state index is 13.3. The Balaban J connectivity index is 0.00000320. The normalized spacial score (nSPS) is 16.1. The van der Waals surface area contributed by atoms with Crippen molar-refractivity contribution in [3.63, 3.8) is 0 Å². The first-order valence-electron chi connectivity index (χ1n) is 9.41. The van der Waals surface area contributed by atoms with Gasteiger partial charge in [-0.15, -0.1) is 24.0 Å². The highest BCUT2D eigenvalue weighted by Crippen LogP contribution is 2.30. The number of halogens is 3. The molecule has 0 radical (unpaired) electrons. The van der Waals surface area contributed by atoms with Gasteiger partial charge in [-0.1, -0.05) is 17.7 Å². The van der Waals surface area contributed by atoms with Crippen molar-refractivity contribution in [1.29, 1.82) is 0 Å². The van der Waals surface area contributed by atoms with Crippen molar-refractivity contribution in [2.45, 2.75) is 19.0 Å². The smallest absolute Gasteiger partial charge is 0.191 e. The van der Waals surface area contributed by atoms with Gasteiger partial charge < -0.3 is 25.0 Å². The number of anilines is 1. The highest BCUT2D eigenvalue weighted by Gasteiger charge is 2.24. The number of hydrogen-bond donors (Lipinski definition) is 2. The zero-order valence-electron chi connectivity index (χ0n) is 17.2. The van der Waals surface area contributed by atoms with Crippen molar-refractivity contribution in [3.8, 4) is 11.5 Å². The fourth-order valence-electron chi connectivity index (χ4n) is 3.31. The van der Waals surface area contributed by atoms with Crippen LogP contribution in [0.2, 0.25) is 5.02 Å².